The SMILES string of the molecule is CO[Si]1(OC)C([Si](C)(C)C)=C2CCCC2=C1[Si](C)(C)C. The van der Waals surface area contributed by atoms with E-state index in [1.54, 1.807) is 20.8 Å². The van der Waals surface area contributed by atoms with E-state index in [-0.39, 0.29) is 0 Å². The normalized spacial score (nSPS) is 22.8. The van der Waals surface area contributed by atoms with Crippen molar-refractivity contribution < 1.29 is 8.85 Å². The monoisotopic (exact) mass is 326 g/mol. The molecule has 0 aromatic heterocycles. The molecule has 2 aliphatic rings. The lowest BCUT2D eigenvalue weighted by Crippen LogP contribution is -2.56. The lowest BCUT2D eigenvalue weighted by atomic mass is 10.2. The van der Waals surface area contributed by atoms with Crippen LogP contribution in [0.15, 0.2) is 20.8 Å². The lowest BCUT2D eigenvalue weighted by Gasteiger charge is -2.39. The van der Waals surface area contributed by atoms with Gasteiger partial charge in [0, 0.05) is 14.2 Å². The van der Waals surface area contributed by atoms with Gasteiger partial charge in [-0.05, 0) is 40.0 Å². The molecule has 1 aliphatic heterocycles. The molecule has 0 amide bonds. The van der Waals surface area contributed by atoms with Crippen LogP contribution in [0.1, 0.15) is 19.3 Å². The average Bonchev–Trinajstić information content (AvgIpc) is 2.81. The molecule has 0 bridgehead atoms. The van der Waals surface area contributed by atoms with Gasteiger partial charge in [-0.2, -0.15) is 0 Å². The van der Waals surface area contributed by atoms with Crippen molar-refractivity contribution in [2.45, 2.75) is 58.5 Å². The summed E-state index contributed by atoms with van der Waals surface area (Å²) < 4.78 is 12.5. The topological polar surface area (TPSA) is 18.5 Å². The molecule has 2 rings (SSSR count). The van der Waals surface area contributed by atoms with Gasteiger partial charge in [-0.1, -0.05) is 39.3 Å². The number of fused-ring (bicyclic) bond motifs is 1. The summed E-state index contributed by atoms with van der Waals surface area (Å²) >= 11 is 0. The van der Waals surface area contributed by atoms with Crippen molar-refractivity contribution in [2.24, 2.45) is 0 Å². The molecule has 0 unspecified atom stereocenters. The molecule has 114 valence electrons. The van der Waals surface area contributed by atoms with Crippen LogP contribution in [0.25, 0.3) is 0 Å². The third-order valence-electron chi connectivity index (χ3n) is 4.55. The molecular formula is C15H30O2Si3. The Bertz CT molecular complexity index is 434. The van der Waals surface area contributed by atoms with Gasteiger partial charge in [0.1, 0.15) is 0 Å². The Morgan fingerprint density at radius 3 is 1.35 bits per heavy atom. The Hall–Kier alpha value is 0.0506. The molecule has 0 atom stereocenters. The fourth-order valence-corrected chi connectivity index (χ4v) is 19.4. The Labute approximate surface area is 127 Å². The molecule has 1 saturated carbocycles. The lowest BCUT2D eigenvalue weighted by molar-refractivity contribution is 0.266. The van der Waals surface area contributed by atoms with Gasteiger partial charge in [0.05, 0.1) is 16.1 Å². The molecule has 0 aromatic carbocycles. The van der Waals surface area contributed by atoms with Gasteiger partial charge >= 0.3 is 8.56 Å². The third-order valence-corrected chi connectivity index (χ3v) is 17.7. The van der Waals surface area contributed by atoms with E-state index >= 15 is 0 Å². The van der Waals surface area contributed by atoms with Gasteiger partial charge in [0.2, 0.25) is 0 Å². The minimum Gasteiger partial charge on any atom is -0.392 e. The Balaban J connectivity index is 2.75. The zero-order valence-electron chi connectivity index (χ0n) is 14.4. The van der Waals surface area contributed by atoms with Crippen LogP contribution in [0.2, 0.25) is 39.3 Å². The van der Waals surface area contributed by atoms with Gasteiger partial charge in [0.15, 0.2) is 0 Å². The molecule has 20 heavy (non-hydrogen) atoms. The van der Waals surface area contributed by atoms with Crippen LogP contribution < -0.4 is 0 Å². The van der Waals surface area contributed by atoms with Crippen molar-refractivity contribution in [2.75, 3.05) is 14.2 Å². The molecule has 5 heteroatoms. The van der Waals surface area contributed by atoms with Crippen molar-refractivity contribution in [3.63, 3.8) is 0 Å². The fraction of sp³-hybridized carbons (Fsp3) is 0.733. The average molecular weight is 327 g/mol. The number of hydrogen-bond acceptors (Lipinski definition) is 2. The van der Waals surface area contributed by atoms with Gasteiger partial charge < -0.3 is 8.85 Å². The summed E-state index contributed by atoms with van der Waals surface area (Å²) in [6.45, 7) is 14.7. The molecule has 1 aliphatic carbocycles. The van der Waals surface area contributed by atoms with Gasteiger partial charge in [-0.25, -0.2) is 0 Å². The third kappa shape index (κ3) is 2.27. The van der Waals surface area contributed by atoms with Crippen LogP contribution in [0.5, 0.6) is 0 Å². The first-order valence-corrected chi connectivity index (χ1v) is 16.5. The van der Waals surface area contributed by atoms with Crippen LogP contribution in [-0.2, 0) is 8.85 Å². The largest absolute Gasteiger partial charge is 0.392 e. The maximum atomic E-state index is 6.23. The molecule has 2 nitrogen and oxygen atoms in total. The molecule has 0 spiro atoms. The van der Waals surface area contributed by atoms with Crippen molar-refractivity contribution >= 4 is 24.7 Å². The zero-order valence-corrected chi connectivity index (χ0v) is 17.4. The van der Waals surface area contributed by atoms with Crippen LogP contribution in [0, 0.1) is 0 Å². The summed E-state index contributed by atoms with van der Waals surface area (Å²) in [6, 6.07) is 0. The second-order valence-corrected chi connectivity index (χ2v) is 22.1. The minimum absolute atomic E-state index is 1.25. The van der Waals surface area contributed by atoms with E-state index in [0.29, 0.717) is 0 Å². The van der Waals surface area contributed by atoms with E-state index in [2.05, 4.69) is 39.3 Å². The summed E-state index contributed by atoms with van der Waals surface area (Å²) in [5.74, 6) is 0. The molecular weight excluding hydrogens is 296 g/mol. The summed E-state index contributed by atoms with van der Waals surface area (Å²) in [5.41, 5.74) is 3.33. The predicted octanol–water partition coefficient (Wildman–Crippen LogP) is 4.35. The highest BCUT2D eigenvalue weighted by Gasteiger charge is 2.59. The maximum Gasteiger partial charge on any atom is 0.390 e. The van der Waals surface area contributed by atoms with E-state index in [4.69, 9.17) is 8.85 Å². The van der Waals surface area contributed by atoms with Crippen molar-refractivity contribution in [1.82, 2.24) is 0 Å². The van der Waals surface area contributed by atoms with Crippen molar-refractivity contribution in [1.29, 1.82) is 0 Å². The molecule has 0 aromatic rings. The summed E-state index contributed by atoms with van der Waals surface area (Å²) in [7, 11) is -1.42. The van der Waals surface area contributed by atoms with Crippen LogP contribution >= 0.6 is 0 Å². The minimum atomic E-state index is -2.32. The van der Waals surface area contributed by atoms with Crippen molar-refractivity contribution in [3.8, 4) is 0 Å². The highest BCUT2D eigenvalue weighted by molar-refractivity contribution is 7.13. The van der Waals surface area contributed by atoms with Crippen molar-refractivity contribution in [3.05, 3.63) is 20.8 Å². The number of allylic oxidation sites excluding steroid dienone is 2. The zero-order chi connectivity index (χ0) is 15.3. The Morgan fingerprint density at radius 1 is 0.750 bits per heavy atom. The predicted molar refractivity (Wildman–Crippen MR) is 94.4 cm³/mol. The maximum absolute atomic E-state index is 6.23. The second kappa shape index (κ2) is 5.05. The second-order valence-electron chi connectivity index (χ2n) is 8.09. The van der Waals surface area contributed by atoms with E-state index < -0.39 is 24.7 Å². The van der Waals surface area contributed by atoms with Crippen LogP contribution in [0.4, 0.5) is 0 Å². The molecule has 1 fully saturated rings. The fourth-order valence-electron chi connectivity index (χ4n) is 4.20. The Morgan fingerprint density at radius 2 is 1.10 bits per heavy atom. The molecule has 0 saturated heterocycles. The number of hydrogen-bond donors (Lipinski definition) is 0. The smallest absolute Gasteiger partial charge is 0.390 e. The van der Waals surface area contributed by atoms with E-state index in [1.807, 2.05) is 14.2 Å². The molecule has 0 radical (unpaired) electrons. The highest BCUT2D eigenvalue weighted by atomic mass is 28.4. The summed E-state index contributed by atoms with van der Waals surface area (Å²) in [6.07, 6.45) is 3.83. The van der Waals surface area contributed by atoms with E-state index in [1.165, 1.54) is 19.3 Å². The quantitative estimate of drug-likeness (QED) is 0.715. The summed E-state index contributed by atoms with van der Waals surface area (Å²) in [5, 5.41) is 0. The molecule has 1 heterocycles. The summed E-state index contributed by atoms with van der Waals surface area (Å²) in [4.78, 5) is 3.31. The van der Waals surface area contributed by atoms with Gasteiger partial charge in [0.25, 0.3) is 0 Å². The highest BCUT2D eigenvalue weighted by Crippen LogP contribution is 2.52. The van der Waals surface area contributed by atoms with Crippen LogP contribution in [0.3, 0.4) is 0 Å². The first kappa shape index (κ1) is 16.4. The van der Waals surface area contributed by atoms with Gasteiger partial charge in [-0.15, -0.1) is 0 Å². The van der Waals surface area contributed by atoms with E-state index in [0.717, 1.165) is 0 Å². The van der Waals surface area contributed by atoms with E-state index in [9.17, 15) is 0 Å². The standard InChI is InChI=1S/C15H30O2Si3/c1-16-20(17-2)14(18(3,4)5)12-10-9-11-13(12)15(20)19(6,7)8/h9-11H2,1-8H3. The molecule has 0 N–H and O–H groups in total. The van der Waals surface area contributed by atoms with Crippen LogP contribution in [-0.4, -0.2) is 38.9 Å². The first-order valence-electron chi connectivity index (χ1n) is 7.68. The first-order chi connectivity index (χ1) is 9.09. The Kier molecular flexibility index (Phi) is 4.15. The number of rotatable bonds is 4. The van der Waals surface area contributed by atoms with Gasteiger partial charge in [-0.3, -0.25) is 0 Å².